The van der Waals surface area contributed by atoms with Gasteiger partial charge >= 0.3 is 0 Å². The van der Waals surface area contributed by atoms with E-state index in [1.807, 2.05) is 36.4 Å². The number of nitrogens with zero attached hydrogens (tertiary/aromatic N) is 1. The highest BCUT2D eigenvalue weighted by atomic mass is 16.2. The number of aromatic nitrogens is 1. The number of amides is 1. The van der Waals surface area contributed by atoms with Crippen molar-refractivity contribution in [1.29, 1.82) is 0 Å². The molecule has 0 unspecified atom stereocenters. The maximum Gasteiger partial charge on any atom is 0.237 e. The predicted octanol–water partition coefficient (Wildman–Crippen LogP) is 3.53. The fourth-order valence-electron chi connectivity index (χ4n) is 3.14. The molecule has 0 radical (unpaired) electrons. The highest BCUT2D eigenvalue weighted by Crippen LogP contribution is 2.06. The average molecular weight is 374 g/mol. The molecule has 0 aliphatic heterocycles. The molecule has 0 spiro atoms. The van der Waals surface area contributed by atoms with Gasteiger partial charge in [0.05, 0.1) is 6.04 Å². The van der Waals surface area contributed by atoms with E-state index in [1.54, 1.807) is 12.4 Å². The lowest BCUT2D eigenvalue weighted by Gasteiger charge is -2.19. The number of carbonyl (C=O) groups excluding carboxylic acids is 1. The molecule has 28 heavy (non-hydrogen) atoms. The largest absolute Gasteiger partial charge is 0.351 e. The zero-order chi connectivity index (χ0) is 19.4. The number of hydrogen-bond acceptors (Lipinski definition) is 3. The normalized spacial score (nSPS) is 11.7. The van der Waals surface area contributed by atoms with Crippen LogP contribution >= 0.6 is 0 Å². The number of aryl methyl sites for hydroxylation is 1. The molecular formula is C24H27N3O. The summed E-state index contributed by atoms with van der Waals surface area (Å²) in [4.78, 5) is 16.9. The SMILES string of the molecule is O=C(NCc1cccnc1)[C@H](Cc1ccccc1)NCCCc1ccccc1. The van der Waals surface area contributed by atoms with Crippen molar-refractivity contribution >= 4 is 5.91 Å². The van der Waals surface area contributed by atoms with Crippen molar-refractivity contribution in [3.63, 3.8) is 0 Å². The smallest absolute Gasteiger partial charge is 0.237 e. The lowest BCUT2D eigenvalue weighted by atomic mass is 10.0. The zero-order valence-electron chi connectivity index (χ0n) is 16.1. The van der Waals surface area contributed by atoms with Gasteiger partial charge in [-0.15, -0.1) is 0 Å². The Morgan fingerprint density at radius 3 is 2.21 bits per heavy atom. The van der Waals surface area contributed by atoms with E-state index in [1.165, 1.54) is 5.56 Å². The van der Waals surface area contributed by atoms with Crippen LogP contribution in [-0.4, -0.2) is 23.5 Å². The summed E-state index contributed by atoms with van der Waals surface area (Å²) in [5.41, 5.74) is 3.47. The van der Waals surface area contributed by atoms with Gasteiger partial charge in [0, 0.05) is 18.9 Å². The molecule has 2 N–H and O–H groups in total. The molecule has 1 heterocycles. The van der Waals surface area contributed by atoms with Crippen LogP contribution in [0.4, 0.5) is 0 Å². The summed E-state index contributed by atoms with van der Waals surface area (Å²) >= 11 is 0. The van der Waals surface area contributed by atoms with Crippen molar-refractivity contribution in [2.24, 2.45) is 0 Å². The van der Waals surface area contributed by atoms with Gasteiger partial charge in [0.25, 0.3) is 0 Å². The highest BCUT2D eigenvalue weighted by Gasteiger charge is 2.18. The van der Waals surface area contributed by atoms with Crippen molar-refractivity contribution in [2.45, 2.75) is 31.8 Å². The Balaban J connectivity index is 1.53. The summed E-state index contributed by atoms with van der Waals surface area (Å²) < 4.78 is 0. The first-order valence-electron chi connectivity index (χ1n) is 9.79. The van der Waals surface area contributed by atoms with E-state index >= 15 is 0 Å². The molecule has 0 saturated carbocycles. The molecule has 1 amide bonds. The minimum atomic E-state index is -0.255. The topological polar surface area (TPSA) is 54.0 Å². The van der Waals surface area contributed by atoms with Crippen LogP contribution in [0.1, 0.15) is 23.1 Å². The predicted molar refractivity (Wildman–Crippen MR) is 113 cm³/mol. The number of hydrogen-bond donors (Lipinski definition) is 2. The molecule has 2 aromatic carbocycles. The summed E-state index contributed by atoms with van der Waals surface area (Å²) in [6.07, 6.45) is 6.18. The van der Waals surface area contributed by atoms with E-state index in [0.717, 1.165) is 30.5 Å². The average Bonchev–Trinajstić information content (AvgIpc) is 2.76. The minimum absolute atomic E-state index is 0.0208. The monoisotopic (exact) mass is 373 g/mol. The quantitative estimate of drug-likeness (QED) is 0.535. The van der Waals surface area contributed by atoms with E-state index in [-0.39, 0.29) is 11.9 Å². The van der Waals surface area contributed by atoms with Crippen molar-refractivity contribution in [2.75, 3.05) is 6.54 Å². The lowest BCUT2D eigenvalue weighted by molar-refractivity contribution is -0.123. The van der Waals surface area contributed by atoms with Gasteiger partial charge in [-0.3, -0.25) is 9.78 Å². The zero-order valence-corrected chi connectivity index (χ0v) is 16.1. The number of rotatable bonds is 10. The van der Waals surface area contributed by atoms with Crippen LogP contribution in [0.15, 0.2) is 85.2 Å². The fraction of sp³-hybridized carbons (Fsp3) is 0.250. The maximum atomic E-state index is 12.8. The maximum absolute atomic E-state index is 12.8. The Labute approximate surface area is 167 Å². The Morgan fingerprint density at radius 2 is 1.54 bits per heavy atom. The molecule has 1 atom stereocenters. The van der Waals surface area contributed by atoms with Crippen LogP contribution in [0.2, 0.25) is 0 Å². The van der Waals surface area contributed by atoms with E-state index in [4.69, 9.17) is 0 Å². The summed E-state index contributed by atoms with van der Waals surface area (Å²) in [6, 6.07) is 24.2. The second-order valence-corrected chi connectivity index (χ2v) is 6.86. The molecule has 0 fully saturated rings. The van der Waals surface area contributed by atoms with Gasteiger partial charge in [0.1, 0.15) is 0 Å². The van der Waals surface area contributed by atoms with Crippen molar-refractivity contribution in [3.8, 4) is 0 Å². The third kappa shape index (κ3) is 6.63. The van der Waals surface area contributed by atoms with Crippen LogP contribution in [0, 0.1) is 0 Å². The highest BCUT2D eigenvalue weighted by molar-refractivity contribution is 5.82. The number of nitrogens with one attached hydrogen (secondary N) is 2. The summed E-state index contributed by atoms with van der Waals surface area (Å²) in [5, 5.41) is 6.48. The summed E-state index contributed by atoms with van der Waals surface area (Å²) in [7, 11) is 0. The van der Waals surface area contributed by atoms with Crippen molar-refractivity contribution in [1.82, 2.24) is 15.6 Å². The molecule has 4 heteroatoms. The van der Waals surface area contributed by atoms with E-state index in [2.05, 4.69) is 52.0 Å². The lowest BCUT2D eigenvalue weighted by Crippen LogP contribution is -2.45. The molecule has 0 saturated heterocycles. The third-order valence-corrected chi connectivity index (χ3v) is 4.66. The molecule has 1 aromatic heterocycles. The van der Waals surface area contributed by atoms with Gasteiger partial charge in [0.2, 0.25) is 5.91 Å². The van der Waals surface area contributed by atoms with Crippen LogP contribution in [-0.2, 0) is 24.2 Å². The van der Waals surface area contributed by atoms with E-state index in [0.29, 0.717) is 13.0 Å². The Kier molecular flexibility index (Phi) is 7.77. The van der Waals surface area contributed by atoms with Crippen LogP contribution in [0.3, 0.4) is 0 Å². The first kappa shape index (κ1) is 19.8. The fourth-order valence-corrected chi connectivity index (χ4v) is 3.14. The van der Waals surface area contributed by atoms with Crippen molar-refractivity contribution in [3.05, 3.63) is 102 Å². The second-order valence-electron chi connectivity index (χ2n) is 6.86. The molecule has 3 rings (SSSR count). The van der Waals surface area contributed by atoms with Crippen LogP contribution < -0.4 is 10.6 Å². The molecule has 4 nitrogen and oxygen atoms in total. The second kappa shape index (κ2) is 11.0. The molecule has 0 aliphatic rings. The summed E-state index contributed by atoms with van der Waals surface area (Å²) in [6.45, 7) is 1.29. The van der Waals surface area contributed by atoms with Crippen molar-refractivity contribution < 1.29 is 4.79 Å². The van der Waals surface area contributed by atoms with E-state index < -0.39 is 0 Å². The van der Waals surface area contributed by atoms with Crippen LogP contribution in [0.5, 0.6) is 0 Å². The van der Waals surface area contributed by atoms with Gasteiger partial charge in [0.15, 0.2) is 0 Å². The Morgan fingerprint density at radius 1 is 0.857 bits per heavy atom. The van der Waals surface area contributed by atoms with Gasteiger partial charge < -0.3 is 10.6 Å². The number of benzene rings is 2. The number of carbonyl (C=O) groups is 1. The molecule has 3 aromatic rings. The molecule has 0 bridgehead atoms. The van der Waals surface area contributed by atoms with Gasteiger partial charge in [-0.1, -0.05) is 66.7 Å². The van der Waals surface area contributed by atoms with Crippen LogP contribution in [0.25, 0.3) is 0 Å². The van der Waals surface area contributed by atoms with E-state index in [9.17, 15) is 4.79 Å². The molecule has 0 aliphatic carbocycles. The Bertz CT molecular complexity index is 822. The first-order valence-corrected chi connectivity index (χ1v) is 9.79. The Hall–Kier alpha value is -2.98. The summed E-state index contributed by atoms with van der Waals surface area (Å²) in [5.74, 6) is 0.0208. The van der Waals surface area contributed by atoms with Gasteiger partial charge in [-0.2, -0.15) is 0 Å². The molecular weight excluding hydrogens is 346 g/mol. The minimum Gasteiger partial charge on any atom is -0.351 e. The van der Waals surface area contributed by atoms with Gasteiger partial charge in [-0.25, -0.2) is 0 Å². The standard InChI is InChI=1S/C24H27N3O/c28-24(27-19-22-14-7-15-25-18-22)23(17-21-11-5-2-6-12-21)26-16-8-13-20-9-3-1-4-10-20/h1-7,9-12,14-15,18,23,26H,8,13,16-17,19H2,(H,27,28)/t23-/m0/s1. The molecule has 144 valence electrons. The number of pyridine rings is 1. The van der Waals surface area contributed by atoms with Gasteiger partial charge in [-0.05, 0) is 48.6 Å². The third-order valence-electron chi connectivity index (χ3n) is 4.66. The first-order chi connectivity index (χ1) is 13.8.